The van der Waals surface area contributed by atoms with Crippen molar-refractivity contribution in [3.63, 3.8) is 0 Å². The van der Waals surface area contributed by atoms with Gasteiger partial charge in [0.1, 0.15) is 11.4 Å². The molecule has 0 spiro atoms. The number of anilines is 3. The molecule has 1 amide bonds. The standard InChI is InChI=1S/C26H26N2O5S.2C2H6/c1-26(2,3)33-25(30)28-19-8-4-5-10-22(19)34-24-18(7-6-9-20(24)28)21-15-17(29)16-23(32-21)27-11-13-31-14-12-27;2*1-2/h4-10,15-16H,11-14H2,1-3H3;2*1-2H3. The van der Waals surface area contributed by atoms with Crippen LogP contribution in [-0.4, -0.2) is 38.0 Å². The Morgan fingerprint density at radius 3 is 2.26 bits per heavy atom. The number of benzene rings is 2. The summed E-state index contributed by atoms with van der Waals surface area (Å²) in [6.45, 7) is 16.0. The van der Waals surface area contributed by atoms with Crippen molar-refractivity contribution in [3.8, 4) is 11.3 Å². The summed E-state index contributed by atoms with van der Waals surface area (Å²) in [4.78, 5) is 31.3. The molecule has 0 atom stereocenters. The first kappa shape index (κ1) is 29.3. The van der Waals surface area contributed by atoms with Gasteiger partial charge in [-0.25, -0.2) is 9.69 Å². The van der Waals surface area contributed by atoms with Gasteiger partial charge >= 0.3 is 6.09 Å². The predicted molar refractivity (Wildman–Crippen MR) is 155 cm³/mol. The molecule has 38 heavy (non-hydrogen) atoms. The highest BCUT2D eigenvalue weighted by molar-refractivity contribution is 8.00. The van der Waals surface area contributed by atoms with Crippen molar-refractivity contribution in [1.29, 1.82) is 0 Å². The first-order valence-electron chi connectivity index (χ1n) is 13.2. The smallest absolute Gasteiger partial charge is 0.419 e. The molecule has 3 aromatic rings. The van der Waals surface area contributed by atoms with Crippen LogP contribution >= 0.6 is 11.8 Å². The Balaban J connectivity index is 0.000000956. The minimum Gasteiger partial charge on any atom is -0.443 e. The number of hydrogen-bond donors (Lipinski definition) is 0. The Morgan fingerprint density at radius 1 is 0.921 bits per heavy atom. The van der Waals surface area contributed by atoms with Crippen molar-refractivity contribution in [2.75, 3.05) is 36.1 Å². The van der Waals surface area contributed by atoms with E-state index in [0.717, 1.165) is 21.0 Å². The van der Waals surface area contributed by atoms with E-state index in [1.165, 1.54) is 12.1 Å². The molecule has 1 saturated heterocycles. The molecule has 7 nitrogen and oxygen atoms in total. The van der Waals surface area contributed by atoms with Gasteiger partial charge in [0, 0.05) is 40.6 Å². The number of nitrogens with zero attached hydrogens (tertiary/aromatic N) is 2. The summed E-state index contributed by atoms with van der Waals surface area (Å²) in [6, 6.07) is 16.4. The zero-order chi connectivity index (χ0) is 27.9. The van der Waals surface area contributed by atoms with E-state index in [0.29, 0.717) is 43.6 Å². The molecular formula is C30H38N2O5S. The number of rotatable bonds is 2. The molecule has 0 saturated carbocycles. The van der Waals surface area contributed by atoms with Crippen molar-refractivity contribution in [2.45, 2.75) is 63.9 Å². The number of morpholine rings is 1. The van der Waals surface area contributed by atoms with Gasteiger partial charge in [0.25, 0.3) is 0 Å². The molecule has 204 valence electrons. The summed E-state index contributed by atoms with van der Waals surface area (Å²) in [7, 11) is 0. The summed E-state index contributed by atoms with van der Waals surface area (Å²) in [5.41, 5.74) is 1.42. The van der Waals surface area contributed by atoms with Crippen molar-refractivity contribution in [3.05, 3.63) is 64.8 Å². The number of carbonyl (C=O) groups is 1. The van der Waals surface area contributed by atoms with Gasteiger partial charge in [-0.2, -0.15) is 0 Å². The number of carbonyl (C=O) groups excluding carboxylic acids is 1. The van der Waals surface area contributed by atoms with Gasteiger partial charge in [-0.15, -0.1) is 0 Å². The number of para-hydroxylation sites is 1. The molecule has 3 heterocycles. The third-order valence-corrected chi connectivity index (χ3v) is 6.67. The average molecular weight is 539 g/mol. The van der Waals surface area contributed by atoms with Crippen LogP contribution in [0, 0.1) is 0 Å². The van der Waals surface area contributed by atoms with Crippen LogP contribution in [0.15, 0.2) is 73.6 Å². The lowest BCUT2D eigenvalue weighted by Gasteiger charge is -2.33. The predicted octanol–water partition coefficient (Wildman–Crippen LogP) is 7.73. The second kappa shape index (κ2) is 13.0. The van der Waals surface area contributed by atoms with Crippen LogP contribution < -0.4 is 15.2 Å². The largest absolute Gasteiger partial charge is 0.443 e. The number of amides is 1. The average Bonchev–Trinajstić information content (AvgIpc) is 2.92. The molecule has 2 aliphatic rings. The highest BCUT2D eigenvalue weighted by atomic mass is 32.2. The summed E-state index contributed by atoms with van der Waals surface area (Å²) in [5.74, 6) is 0.982. The van der Waals surface area contributed by atoms with Gasteiger partial charge in [-0.3, -0.25) is 4.79 Å². The Labute approximate surface area is 229 Å². The fourth-order valence-electron chi connectivity index (χ4n) is 4.01. The van der Waals surface area contributed by atoms with E-state index in [9.17, 15) is 9.59 Å². The van der Waals surface area contributed by atoms with Gasteiger partial charge < -0.3 is 18.8 Å². The Morgan fingerprint density at radius 2 is 1.58 bits per heavy atom. The minimum atomic E-state index is -0.645. The molecule has 0 radical (unpaired) electrons. The molecule has 0 N–H and O–H groups in total. The Bertz CT molecular complexity index is 1290. The molecule has 0 aliphatic carbocycles. The lowest BCUT2D eigenvalue weighted by atomic mass is 10.1. The zero-order valence-electron chi connectivity index (χ0n) is 23.4. The second-order valence-electron chi connectivity index (χ2n) is 9.13. The summed E-state index contributed by atoms with van der Waals surface area (Å²) in [6.07, 6.45) is -0.456. The quantitative estimate of drug-likeness (QED) is 0.330. The minimum absolute atomic E-state index is 0.134. The Kier molecular flexibility index (Phi) is 10.1. The van der Waals surface area contributed by atoms with Crippen molar-refractivity contribution < 1.29 is 18.7 Å². The van der Waals surface area contributed by atoms with Gasteiger partial charge in [0.15, 0.2) is 11.3 Å². The summed E-state index contributed by atoms with van der Waals surface area (Å²) >= 11 is 1.55. The SMILES string of the molecule is CC.CC.CC(C)(C)OC(=O)N1c2ccccc2Sc2c(-c3cc(=O)cc(N4CCOCC4)o3)cccc21. The van der Waals surface area contributed by atoms with Crippen molar-refractivity contribution in [1.82, 2.24) is 0 Å². The first-order chi connectivity index (χ1) is 18.3. The van der Waals surface area contributed by atoms with Crippen LogP contribution in [0.5, 0.6) is 0 Å². The van der Waals surface area contributed by atoms with Crippen LogP contribution in [-0.2, 0) is 9.47 Å². The lowest BCUT2D eigenvalue weighted by molar-refractivity contribution is 0.0597. The van der Waals surface area contributed by atoms with Crippen LogP contribution in [0.2, 0.25) is 0 Å². The topological polar surface area (TPSA) is 72.2 Å². The number of hydrogen-bond acceptors (Lipinski definition) is 7. The third-order valence-electron chi connectivity index (χ3n) is 5.47. The van der Waals surface area contributed by atoms with E-state index in [-0.39, 0.29) is 5.43 Å². The molecule has 5 rings (SSSR count). The fraction of sp³-hybridized carbons (Fsp3) is 0.400. The van der Waals surface area contributed by atoms with Crippen molar-refractivity contribution >= 4 is 35.1 Å². The van der Waals surface area contributed by atoms with E-state index in [1.54, 1.807) is 16.7 Å². The maximum absolute atomic E-state index is 13.3. The third kappa shape index (κ3) is 6.60. The maximum Gasteiger partial charge on any atom is 0.419 e. The van der Waals surface area contributed by atoms with Gasteiger partial charge in [-0.1, -0.05) is 57.7 Å². The normalized spacial score (nSPS) is 14.2. The van der Waals surface area contributed by atoms with Crippen LogP contribution in [0.25, 0.3) is 11.3 Å². The van der Waals surface area contributed by atoms with E-state index >= 15 is 0 Å². The van der Waals surface area contributed by atoms with Gasteiger partial charge in [0.2, 0.25) is 0 Å². The van der Waals surface area contributed by atoms with Crippen LogP contribution in [0.4, 0.5) is 22.1 Å². The fourth-order valence-corrected chi connectivity index (χ4v) is 5.18. The van der Waals surface area contributed by atoms with E-state index in [2.05, 4.69) is 0 Å². The molecule has 0 unspecified atom stereocenters. The van der Waals surface area contributed by atoms with E-state index in [4.69, 9.17) is 13.9 Å². The number of ether oxygens (including phenoxy) is 2. The lowest BCUT2D eigenvalue weighted by Crippen LogP contribution is -2.36. The van der Waals surface area contributed by atoms with Crippen LogP contribution in [0.1, 0.15) is 48.5 Å². The molecule has 2 aliphatic heterocycles. The first-order valence-corrected chi connectivity index (χ1v) is 14.0. The zero-order valence-corrected chi connectivity index (χ0v) is 24.2. The Hall–Kier alpha value is -3.23. The highest BCUT2D eigenvalue weighted by Gasteiger charge is 2.33. The van der Waals surface area contributed by atoms with E-state index in [1.807, 2.05) is 95.8 Å². The maximum atomic E-state index is 13.3. The molecular weight excluding hydrogens is 500 g/mol. The molecule has 1 fully saturated rings. The van der Waals surface area contributed by atoms with Crippen LogP contribution in [0.3, 0.4) is 0 Å². The van der Waals surface area contributed by atoms with Crippen molar-refractivity contribution in [2.24, 2.45) is 0 Å². The molecule has 0 bridgehead atoms. The monoisotopic (exact) mass is 538 g/mol. The summed E-state index contributed by atoms with van der Waals surface area (Å²) in [5, 5.41) is 0. The molecule has 2 aromatic carbocycles. The number of fused-ring (bicyclic) bond motifs is 2. The summed E-state index contributed by atoms with van der Waals surface area (Å²) < 4.78 is 17.4. The molecule has 8 heteroatoms. The second-order valence-corrected chi connectivity index (χ2v) is 10.2. The van der Waals surface area contributed by atoms with Gasteiger partial charge in [0.05, 0.1) is 24.6 Å². The molecule has 1 aromatic heterocycles. The highest BCUT2D eigenvalue weighted by Crippen LogP contribution is 2.52. The van der Waals surface area contributed by atoms with Gasteiger partial charge in [-0.05, 0) is 45.0 Å². The van der Waals surface area contributed by atoms with E-state index < -0.39 is 11.7 Å².